The van der Waals surface area contributed by atoms with Gasteiger partial charge in [0.25, 0.3) is 0 Å². The highest BCUT2D eigenvalue weighted by Crippen LogP contribution is 1.94. The van der Waals surface area contributed by atoms with Crippen molar-refractivity contribution >= 4 is 5.97 Å². The molecular weight excluding hydrogens is 158 g/mol. The van der Waals surface area contributed by atoms with E-state index in [1.807, 2.05) is 0 Å². The molecule has 1 rings (SSSR count). The van der Waals surface area contributed by atoms with E-state index in [9.17, 15) is 4.79 Å². The van der Waals surface area contributed by atoms with E-state index in [2.05, 4.69) is 4.98 Å². The number of aromatic nitrogens is 2. The topological polar surface area (TPSA) is 81.1 Å². The maximum Gasteiger partial charge on any atom is 0.320 e. The van der Waals surface area contributed by atoms with Gasteiger partial charge in [-0.2, -0.15) is 0 Å². The van der Waals surface area contributed by atoms with Gasteiger partial charge in [0.15, 0.2) is 0 Å². The predicted octanol–water partition coefficient (Wildman–Crippen LogP) is -0.315. The van der Waals surface area contributed by atoms with E-state index < -0.39 is 12.0 Å². The van der Waals surface area contributed by atoms with Crippen LogP contribution in [-0.4, -0.2) is 26.7 Å². The third kappa shape index (κ3) is 2.35. The number of rotatable bonds is 4. The summed E-state index contributed by atoms with van der Waals surface area (Å²) in [6, 6.07) is -0.785. The molecule has 3 N–H and O–H groups in total. The standard InChI is InChI=1S/C7H11N3O2/c8-6(7(11)12)1-3-10-4-2-9-5-10/h2,4-6H,1,3,8H2,(H,11,12)/t6-/m0/s1. The molecule has 5 heteroatoms. The van der Waals surface area contributed by atoms with Gasteiger partial charge in [-0.1, -0.05) is 0 Å². The lowest BCUT2D eigenvalue weighted by Gasteiger charge is -2.05. The normalized spacial score (nSPS) is 12.8. The Labute approximate surface area is 69.8 Å². The summed E-state index contributed by atoms with van der Waals surface area (Å²) in [6.45, 7) is 0.591. The summed E-state index contributed by atoms with van der Waals surface area (Å²) < 4.78 is 1.79. The number of carboxylic acid groups (broad SMARTS) is 1. The van der Waals surface area contributed by atoms with Crippen LogP contribution in [0.2, 0.25) is 0 Å². The number of hydrogen-bond donors (Lipinski definition) is 2. The highest BCUT2D eigenvalue weighted by atomic mass is 16.4. The van der Waals surface area contributed by atoms with E-state index in [0.717, 1.165) is 0 Å². The van der Waals surface area contributed by atoms with Crippen LogP contribution in [0.25, 0.3) is 0 Å². The van der Waals surface area contributed by atoms with Gasteiger partial charge in [0.2, 0.25) is 0 Å². The second kappa shape index (κ2) is 3.87. The summed E-state index contributed by atoms with van der Waals surface area (Å²) in [4.78, 5) is 14.1. The van der Waals surface area contributed by atoms with E-state index in [-0.39, 0.29) is 0 Å². The van der Waals surface area contributed by atoms with Crippen LogP contribution in [0.4, 0.5) is 0 Å². The van der Waals surface area contributed by atoms with E-state index in [0.29, 0.717) is 13.0 Å². The summed E-state index contributed by atoms with van der Waals surface area (Å²) in [5.74, 6) is -0.963. The monoisotopic (exact) mass is 169 g/mol. The summed E-state index contributed by atoms with van der Waals surface area (Å²) in [6.07, 6.45) is 5.47. The first kappa shape index (κ1) is 8.73. The molecular formula is C7H11N3O2. The van der Waals surface area contributed by atoms with Gasteiger partial charge in [0.1, 0.15) is 6.04 Å². The SMILES string of the molecule is N[C@@H](CCn1ccnc1)C(=O)O. The van der Waals surface area contributed by atoms with Crippen molar-refractivity contribution in [2.24, 2.45) is 5.73 Å². The number of aryl methyl sites for hydroxylation is 1. The molecule has 1 heterocycles. The number of imidazole rings is 1. The van der Waals surface area contributed by atoms with Gasteiger partial charge < -0.3 is 15.4 Å². The fourth-order valence-corrected chi connectivity index (χ4v) is 0.831. The summed E-state index contributed by atoms with van der Waals surface area (Å²) in [5, 5.41) is 8.46. The molecule has 0 spiro atoms. The molecule has 1 atom stereocenters. The number of nitrogens with two attached hydrogens (primary N) is 1. The Morgan fingerprint density at radius 3 is 3.00 bits per heavy atom. The third-order valence-corrected chi connectivity index (χ3v) is 1.57. The second-order valence-corrected chi connectivity index (χ2v) is 2.53. The predicted molar refractivity (Wildman–Crippen MR) is 42.5 cm³/mol. The van der Waals surface area contributed by atoms with E-state index in [1.165, 1.54) is 0 Å². The molecule has 1 aromatic heterocycles. The van der Waals surface area contributed by atoms with Crippen molar-refractivity contribution < 1.29 is 9.90 Å². The molecule has 66 valence electrons. The lowest BCUT2D eigenvalue weighted by atomic mass is 10.2. The Balaban J connectivity index is 2.31. The summed E-state index contributed by atoms with van der Waals surface area (Å²) in [7, 11) is 0. The zero-order valence-electron chi connectivity index (χ0n) is 6.55. The molecule has 1 aromatic rings. The molecule has 0 radical (unpaired) electrons. The Kier molecular flexibility index (Phi) is 2.82. The van der Waals surface area contributed by atoms with Crippen LogP contribution >= 0.6 is 0 Å². The lowest BCUT2D eigenvalue weighted by molar-refractivity contribution is -0.138. The van der Waals surface area contributed by atoms with Gasteiger partial charge in [0, 0.05) is 18.9 Å². The van der Waals surface area contributed by atoms with Crippen molar-refractivity contribution in [2.75, 3.05) is 0 Å². The zero-order valence-corrected chi connectivity index (χ0v) is 6.55. The number of nitrogens with zero attached hydrogens (tertiary/aromatic N) is 2. The van der Waals surface area contributed by atoms with Crippen LogP contribution in [0.3, 0.4) is 0 Å². The van der Waals surface area contributed by atoms with Gasteiger partial charge >= 0.3 is 5.97 Å². The van der Waals surface area contributed by atoms with Crippen LogP contribution in [0, 0.1) is 0 Å². The molecule has 12 heavy (non-hydrogen) atoms. The van der Waals surface area contributed by atoms with E-state index >= 15 is 0 Å². The molecule has 0 unspecified atom stereocenters. The fraction of sp³-hybridized carbons (Fsp3) is 0.429. The van der Waals surface area contributed by atoms with Crippen molar-refractivity contribution in [3.05, 3.63) is 18.7 Å². The summed E-state index contributed by atoms with van der Waals surface area (Å²) >= 11 is 0. The first-order chi connectivity index (χ1) is 5.70. The minimum Gasteiger partial charge on any atom is -0.480 e. The van der Waals surface area contributed by atoms with Crippen molar-refractivity contribution in [3.63, 3.8) is 0 Å². The van der Waals surface area contributed by atoms with Crippen molar-refractivity contribution in [3.8, 4) is 0 Å². The number of carboxylic acids is 1. The zero-order chi connectivity index (χ0) is 8.97. The van der Waals surface area contributed by atoms with E-state index in [4.69, 9.17) is 10.8 Å². The molecule has 0 aromatic carbocycles. The largest absolute Gasteiger partial charge is 0.480 e. The van der Waals surface area contributed by atoms with Crippen molar-refractivity contribution in [1.82, 2.24) is 9.55 Å². The number of aliphatic carboxylic acids is 1. The third-order valence-electron chi connectivity index (χ3n) is 1.57. The van der Waals surface area contributed by atoms with Crippen molar-refractivity contribution in [1.29, 1.82) is 0 Å². The molecule has 0 aliphatic heterocycles. The molecule has 5 nitrogen and oxygen atoms in total. The van der Waals surface area contributed by atoms with Crippen LogP contribution in [0.1, 0.15) is 6.42 Å². The van der Waals surface area contributed by atoms with E-state index in [1.54, 1.807) is 23.3 Å². The lowest BCUT2D eigenvalue weighted by Crippen LogP contribution is -2.31. The van der Waals surface area contributed by atoms with Gasteiger partial charge in [0.05, 0.1) is 6.33 Å². The molecule has 0 saturated heterocycles. The summed E-state index contributed by atoms with van der Waals surface area (Å²) in [5.41, 5.74) is 5.30. The van der Waals surface area contributed by atoms with Crippen LogP contribution < -0.4 is 5.73 Å². The Hall–Kier alpha value is -1.36. The first-order valence-electron chi connectivity index (χ1n) is 3.64. The number of hydrogen-bond acceptors (Lipinski definition) is 3. The van der Waals surface area contributed by atoms with Crippen LogP contribution in [-0.2, 0) is 11.3 Å². The molecule has 0 aliphatic carbocycles. The minimum absolute atomic E-state index is 0.422. The number of carbonyl (C=O) groups is 1. The van der Waals surface area contributed by atoms with Gasteiger partial charge in [-0.3, -0.25) is 4.79 Å². The molecule has 0 bridgehead atoms. The average Bonchev–Trinajstić information content (AvgIpc) is 2.51. The van der Waals surface area contributed by atoms with Crippen LogP contribution in [0.15, 0.2) is 18.7 Å². The highest BCUT2D eigenvalue weighted by Gasteiger charge is 2.10. The first-order valence-corrected chi connectivity index (χ1v) is 3.64. The Bertz CT molecular complexity index is 245. The van der Waals surface area contributed by atoms with Gasteiger partial charge in [-0.15, -0.1) is 0 Å². The Morgan fingerprint density at radius 1 is 1.75 bits per heavy atom. The van der Waals surface area contributed by atoms with Gasteiger partial charge in [-0.05, 0) is 6.42 Å². The maximum atomic E-state index is 10.3. The molecule has 0 aliphatic rings. The maximum absolute atomic E-state index is 10.3. The Morgan fingerprint density at radius 2 is 2.50 bits per heavy atom. The molecule has 0 saturated carbocycles. The average molecular weight is 169 g/mol. The van der Waals surface area contributed by atoms with Crippen molar-refractivity contribution in [2.45, 2.75) is 19.0 Å². The minimum atomic E-state index is -0.963. The fourth-order valence-electron chi connectivity index (χ4n) is 0.831. The second-order valence-electron chi connectivity index (χ2n) is 2.53. The van der Waals surface area contributed by atoms with Crippen LogP contribution in [0.5, 0.6) is 0 Å². The smallest absolute Gasteiger partial charge is 0.320 e. The highest BCUT2D eigenvalue weighted by molar-refractivity contribution is 5.72. The molecule has 0 amide bonds. The molecule has 0 fully saturated rings. The van der Waals surface area contributed by atoms with Gasteiger partial charge in [-0.25, -0.2) is 4.98 Å². The quantitative estimate of drug-likeness (QED) is 0.647.